The molecule has 2 aliphatic heterocycles. The fraction of sp³-hybridized carbons (Fsp3) is 1.00. The van der Waals surface area contributed by atoms with E-state index < -0.39 is 0 Å². The molecule has 2 fully saturated rings. The lowest BCUT2D eigenvalue weighted by atomic mass is 10.2. The van der Waals surface area contributed by atoms with Crippen LogP contribution >= 0.6 is 0 Å². The van der Waals surface area contributed by atoms with Crippen molar-refractivity contribution in [2.24, 2.45) is 0 Å². The van der Waals surface area contributed by atoms with Gasteiger partial charge in [0.1, 0.15) is 6.10 Å². The minimum absolute atomic E-state index is 0.0621. The lowest BCUT2D eigenvalue weighted by Crippen LogP contribution is -2.22. The van der Waals surface area contributed by atoms with E-state index in [-0.39, 0.29) is 6.29 Å². The molecule has 0 saturated carbocycles. The van der Waals surface area contributed by atoms with E-state index in [1.165, 1.54) is 12.8 Å². The number of unbranched alkanes of at least 4 members (excludes halogenated alkanes) is 2. The highest BCUT2D eigenvalue weighted by atomic mass is 16.7. The third-order valence-corrected chi connectivity index (χ3v) is 3.08. The molecule has 4 heteroatoms. The van der Waals surface area contributed by atoms with Crippen LogP contribution in [0.3, 0.4) is 0 Å². The lowest BCUT2D eigenvalue weighted by molar-refractivity contribution is -0.162. The Kier molecular flexibility index (Phi) is 6.27. The first-order chi connectivity index (χ1) is 8.45. The predicted octanol–water partition coefficient (Wildman–Crippen LogP) is 2.12. The zero-order chi connectivity index (χ0) is 11.8. The van der Waals surface area contributed by atoms with Crippen molar-refractivity contribution in [3.8, 4) is 0 Å². The molecular formula is C13H24O4. The average Bonchev–Trinajstić information content (AvgIpc) is 3.18. The van der Waals surface area contributed by atoms with E-state index >= 15 is 0 Å². The number of hydrogen-bond donors (Lipinski definition) is 0. The molecule has 0 aliphatic carbocycles. The summed E-state index contributed by atoms with van der Waals surface area (Å²) >= 11 is 0. The molecule has 2 unspecified atom stereocenters. The van der Waals surface area contributed by atoms with E-state index in [0.717, 1.165) is 58.7 Å². The van der Waals surface area contributed by atoms with Crippen LogP contribution in [0.15, 0.2) is 0 Å². The van der Waals surface area contributed by atoms with Gasteiger partial charge >= 0.3 is 0 Å². The summed E-state index contributed by atoms with van der Waals surface area (Å²) in [6.45, 7) is 4.18. The number of epoxide rings is 1. The molecular weight excluding hydrogens is 220 g/mol. The van der Waals surface area contributed by atoms with Crippen molar-refractivity contribution in [3.05, 3.63) is 0 Å². The van der Waals surface area contributed by atoms with Crippen molar-refractivity contribution in [2.75, 3.05) is 33.0 Å². The van der Waals surface area contributed by atoms with E-state index in [1.807, 2.05) is 0 Å². The van der Waals surface area contributed by atoms with Crippen LogP contribution in [0.2, 0.25) is 0 Å². The first kappa shape index (κ1) is 13.3. The van der Waals surface area contributed by atoms with E-state index in [2.05, 4.69) is 0 Å². The summed E-state index contributed by atoms with van der Waals surface area (Å²) < 4.78 is 21.7. The minimum Gasteiger partial charge on any atom is -0.379 e. The number of hydrogen-bond acceptors (Lipinski definition) is 4. The first-order valence-electron chi connectivity index (χ1n) is 6.88. The van der Waals surface area contributed by atoms with Crippen LogP contribution in [-0.2, 0) is 18.9 Å². The third kappa shape index (κ3) is 6.36. The van der Waals surface area contributed by atoms with Crippen molar-refractivity contribution in [2.45, 2.75) is 50.9 Å². The topological polar surface area (TPSA) is 40.2 Å². The Morgan fingerprint density at radius 1 is 1.00 bits per heavy atom. The van der Waals surface area contributed by atoms with E-state index in [4.69, 9.17) is 18.9 Å². The van der Waals surface area contributed by atoms with Gasteiger partial charge in [0.25, 0.3) is 0 Å². The molecule has 4 nitrogen and oxygen atoms in total. The van der Waals surface area contributed by atoms with Crippen molar-refractivity contribution >= 4 is 0 Å². The van der Waals surface area contributed by atoms with Gasteiger partial charge in [-0.15, -0.1) is 0 Å². The third-order valence-electron chi connectivity index (χ3n) is 3.08. The van der Waals surface area contributed by atoms with Gasteiger partial charge < -0.3 is 18.9 Å². The zero-order valence-corrected chi connectivity index (χ0v) is 10.6. The van der Waals surface area contributed by atoms with Gasteiger partial charge in [-0.1, -0.05) is 0 Å². The minimum atomic E-state index is 0.0621. The Bertz CT molecular complexity index is 188. The SMILES string of the molecule is C(CCOCC1CO1)CCOC1CCCCO1. The van der Waals surface area contributed by atoms with Gasteiger partial charge in [-0.25, -0.2) is 0 Å². The molecule has 2 rings (SSSR count). The molecule has 0 aromatic heterocycles. The summed E-state index contributed by atoms with van der Waals surface area (Å²) in [6.07, 6.45) is 7.31. The van der Waals surface area contributed by atoms with Crippen molar-refractivity contribution in [3.63, 3.8) is 0 Å². The molecule has 0 aromatic rings. The molecule has 2 heterocycles. The standard InChI is InChI=1S/C13H24O4/c1(3-7-14-10-12-11-17-12)4-8-15-13-6-2-5-9-16-13/h12-13H,1-11H2. The van der Waals surface area contributed by atoms with Crippen molar-refractivity contribution < 1.29 is 18.9 Å². The smallest absolute Gasteiger partial charge is 0.157 e. The molecule has 2 saturated heterocycles. The van der Waals surface area contributed by atoms with Gasteiger partial charge in [0, 0.05) is 19.8 Å². The summed E-state index contributed by atoms with van der Waals surface area (Å²) in [7, 11) is 0. The Morgan fingerprint density at radius 2 is 1.88 bits per heavy atom. The molecule has 100 valence electrons. The van der Waals surface area contributed by atoms with Crippen LogP contribution in [0.4, 0.5) is 0 Å². The molecule has 17 heavy (non-hydrogen) atoms. The summed E-state index contributed by atoms with van der Waals surface area (Å²) in [4.78, 5) is 0. The highest BCUT2D eigenvalue weighted by Gasteiger charge is 2.21. The largest absolute Gasteiger partial charge is 0.379 e. The second kappa shape index (κ2) is 8.03. The second-order valence-electron chi connectivity index (χ2n) is 4.76. The van der Waals surface area contributed by atoms with Crippen LogP contribution in [0.5, 0.6) is 0 Å². The molecule has 0 bridgehead atoms. The van der Waals surface area contributed by atoms with Crippen molar-refractivity contribution in [1.29, 1.82) is 0 Å². The Morgan fingerprint density at radius 3 is 2.65 bits per heavy atom. The van der Waals surface area contributed by atoms with Crippen LogP contribution in [0.1, 0.15) is 38.5 Å². The van der Waals surface area contributed by atoms with Gasteiger partial charge in [-0.2, -0.15) is 0 Å². The van der Waals surface area contributed by atoms with Gasteiger partial charge in [-0.05, 0) is 38.5 Å². The summed E-state index contributed by atoms with van der Waals surface area (Å²) in [6, 6.07) is 0. The average molecular weight is 244 g/mol. The summed E-state index contributed by atoms with van der Waals surface area (Å²) in [5, 5.41) is 0. The van der Waals surface area contributed by atoms with Gasteiger partial charge in [0.05, 0.1) is 13.2 Å². The van der Waals surface area contributed by atoms with Crippen LogP contribution in [-0.4, -0.2) is 45.4 Å². The molecule has 2 aliphatic rings. The van der Waals surface area contributed by atoms with Crippen LogP contribution in [0, 0.1) is 0 Å². The van der Waals surface area contributed by atoms with Gasteiger partial charge in [0.15, 0.2) is 6.29 Å². The fourth-order valence-electron chi connectivity index (χ4n) is 1.92. The Labute approximate surface area is 104 Å². The van der Waals surface area contributed by atoms with Crippen LogP contribution in [0.25, 0.3) is 0 Å². The lowest BCUT2D eigenvalue weighted by Gasteiger charge is -2.22. The number of rotatable bonds is 9. The van der Waals surface area contributed by atoms with Crippen LogP contribution < -0.4 is 0 Å². The molecule has 0 amide bonds. The molecule has 0 N–H and O–H groups in total. The first-order valence-corrected chi connectivity index (χ1v) is 6.88. The summed E-state index contributed by atoms with van der Waals surface area (Å²) in [5.41, 5.74) is 0. The molecule has 0 spiro atoms. The van der Waals surface area contributed by atoms with Gasteiger partial charge in [0.2, 0.25) is 0 Å². The Hall–Kier alpha value is -0.160. The molecule has 0 aromatic carbocycles. The maximum atomic E-state index is 5.65. The zero-order valence-electron chi connectivity index (χ0n) is 10.6. The fourth-order valence-corrected chi connectivity index (χ4v) is 1.92. The maximum Gasteiger partial charge on any atom is 0.157 e. The normalized spacial score (nSPS) is 28.2. The number of ether oxygens (including phenoxy) is 4. The molecule has 2 atom stereocenters. The maximum absolute atomic E-state index is 5.65. The highest BCUT2D eigenvalue weighted by Crippen LogP contribution is 2.14. The predicted molar refractivity (Wildman–Crippen MR) is 64.0 cm³/mol. The monoisotopic (exact) mass is 244 g/mol. The van der Waals surface area contributed by atoms with E-state index in [0.29, 0.717) is 6.10 Å². The van der Waals surface area contributed by atoms with E-state index in [1.54, 1.807) is 0 Å². The summed E-state index contributed by atoms with van der Waals surface area (Å²) in [5.74, 6) is 0. The Balaban J connectivity index is 1.31. The highest BCUT2D eigenvalue weighted by molar-refractivity contribution is 4.66. The molecule has 0 radical (unpaired) electrons. The van der Waals surface area contributed by atoms with E-state index in [9.17, 15) is 0 Å². The van der Waals surface area contributed by atoms with Gasteiger partial charge in [-0.3, -0.25) is 0 Å². The quantitative estimate of drug-likeness (QED) is 0.460. The second-order valence-corrected chi connectivity index (χ2v) is 4.76. The van der Waals surface area contributed by atoms with Crippen molar-refractivity contribution in [1.82, 2.24) is 0 Å².